The molecule has 1 atom stereocenters. The molecule has 1 unspecified atom stereocenters. The number of fused-ring (bicyclic) bond motifs is 1. The van der Waals surface area contributed by atoms with E-state index in [0.717, 1.165) is 62.3 Å². The molecule has 0 aromatic heterocycles. The summed E-state index contributed by atoms with van der Waals surface area (Å²) in [6.45, 7) is 7.75. The van der Waals surface area contributed by atoms with Crippen molar-refractivity contribution in [3.05, 3.63) is 27.7 Å². The maximum Gasteiger partial charge on any atom is 0.125 e. The van der Waals surface area contributed by atoms with Crippen LogP contribution in [0.15, 0.2) is 16.6 Å². The fourth-order valence-corrected chi connectivity index (χ4v) is 3.22. The van der Waals surface area contributed by atoms with Crippen molar-refractivity contribution in [1.82, 2.24) is 5.32 Å². The van der Waals surface area contributed by atoms with Crippen molar-refractivity contribution in [1.29, 1.82) is 0 Å². The highest BCUT2D eigenvalue weighted by Crippen LogP contribution is 2.33. The lowest BCUT2D eigenvalue weighted by Crippen LogP contribution is -2.36. The van der Waals surface area contributed by atoms with Gasteiger partial charge in [0.15, 0.2) is 0 Å². The van der Waals surface area contributed by atoms with Crippen LogP contribution in [0.3, 0.4) is 0 Å². The molecule has 0 spiro atoms. The second kappa shape index (κ2) is 8.76. The number of halogens is 1. The first-order valence-electron chi connectivity index (χ1n) is 7.99. The zero-order chi connectivity index (χ0) is 15.1. The summed E-state index contributed by atoms with van der Waals surface area (Å²) in [6.07, 6.45) is 4.17. The van der Waals surface area contributed by atoms with Crippen LogP contribution < -0.4 is 10.1 Å². The molecule has 0 saturated heterocycles. The molecule has 0 fully saturated rings. The minimum atomic E-state index is 0.346. The van der Waals surface area contributed by atoms with Crippen molar-refractivity contribution in [3.8, 4) is 5.75 Å². The van der Waals surface area contributed by atoms with Gasteiger partial charge >= 0.3 is 0 Å². The summed E-state index contributed by atoms with van der Waals surface area (Å²) in [6, 6.07) is 4.71. The molecule has 0 amide bonds. The van der Waals surface area contributed by atoms with Gasteiger partial charge in [0.25, 0.3) is 0 Å². The Morgan fingerprint density at radius 2 is 2.19 bits per heavy atom. The molecule has 0 saturated carbocycles. The van der Waals surface area contributed by atoms with Gasteiger partial charge in [-0.05, 0) is 49.1 Å². The van der Waals surface area contributed by atoms with Gasteiger partial charge in [0, 0.05) is 23.5 Å². The largest absolute Gasteiger partial charge is 0.493 e. The predicted octanol–water partition coefficient (Wildman–Crippen LogP) is 3.72. The molecule has 0 radical (unpaired) electrons. The first kappa shape index (κ1) is 16.8. The van der Waals surface area contributed by atoms with Crippen LogP contribution in [-0.2, 0) is 17.6 Å². The Bertz CT molecular complexity index is 451. The van der Waals surface area contributed by atoms with Crippen molar-refractivity contribution >= 4 is 15.9 Å². The van der Waals surface area contributed by atoms with E-state index < -0.39 is 0 Å². The summed E-state index contributed by atoms with van der Waals surface area (Å²) < 4.78 is 12.7. The highest BCUT2D eigenvalue weighted by molar-refractivity contribution is 9.10. The third-order valence-corrected chi connectivity index (χ3v) is 4.10. The molecular weight excluding hydrogens is 330 g/mol. The monoisotopic (exact) mass is 355 g/mol. The summed E-state index contributed by atoms with van der Waals surface area (Å²) in [5.41, 5.74) is 2.61. The van der Waals surface area contributed by atoms with Crippen molar-refractivity contribution in [2.75, 3.05) is 26.4 Å². The first-order chi connectivity index (χ1) is 10.2. The Morgan fingerprint density at radius 3 is 2.95 bits per heavy atom. The van der Waals surface area contributed by atoms with E-state index in [2.05, 4.69) is 47.2 Å². The SMILES string of the molecule is CCCNC(COCCC)Cc1cc(Br)cc2c1OCC2. The summed E-state index contributed by atoms with van der Waals surface area (Å²) in [5.74, 6) is 1.09. The fraction of sp³-hybridized carbons (Fsp3) is 0.647. The summed E-state index contributed by atoms with van der Waals surface area (Å²) in [4.78, 5) is 0. The number of hydrogen-bond acceptors (Lipinski definition) is 3. The van der Waals surface area contributed by atoms with Gasteiger partial charge < -0.3 is 14.8 Å². The molecule has 0 bridgehead atoms. The van der Waals surface area contributed by atoms with Crippen molar-refractivity contribution in [2.24, 2.45) is 0 Å². The Morgan fingerprint density at radius 1 is 1.33 bits per heavy atom. The molecule has 1 heterocycles. The van der Waals surface area contributed by atoms with Gasteiger partial charge in [-0.3, -0.25) is 0 Å². The Labute approximate surface area is 136 Å². The third kappa shape index (κ3) is 4.97. The van der Waals surface area contributed by atoms with Crippen LogP contribution in [0.4, 0.5) is 0 Å². The van der Waals surface area contributed by atoms with E-state index in [9.17, 15) is 0 Å². The van der Waals surface area contributed by atoms with Gasteiger partial charge in [-0.25, -0.2) is 0 Å². The summed E-state index contributed by atoms with van der Waals surface area (Å²) >= 11 is 3.61. The van der Waals surface area contributed by atoms with E-state index in [1.807, 2.05) is 0 Å². The first-order valence-corrected chi connectivity index (χ1v) is 8.79. The van der Waals surface area contributed by atoms with Crippen LogP contribution in [-0.4, -0.2) is 32.4 Å². The van der Waals surface area contributed by atoms with Gasteiger partial charge in [-0.1, -0.05) is 29.8 Å². The maximum absolute atomic E-state index is 5.83. The number of ether oxygens (including phenoxy) is 2. The summed E-state index contributed by atoms with van der Waals surface area (Å²) in [7, 11) is 0. The molecule has 1 aliphatic rings. The molecular formula is C17H26BrNO2. The zero-order valence-corrected chi connectivity index (χ0v) is 14.7. The van der Waals surface area contributed by atoms with Crippen LogP contribution in [0.1, 0.15) is 37.8 Å². The molecule has 1 N–H and O–H groups in total. The van der Waals surface area contributed by atoms with E-state index in [4.69, 9.17) is 9.47 Å². The summed E-state index contributed by atoms with van der Waals surface area (Å²) in [5, 5.41) is 3.59. The number of rotatable bonds is 9. The molecule has 3 nitrogen and oxygen atoms in total. The molecule has 4 heteroatoms. The lowest BCUT2D eigenvalue weighted by molar-refractivity contribution is 0.111. The zero-order valence-electron chi connectivity index (χ0n) is 13.1. The Kier molecular flexibility index (Phi) is 7.00. The Balaban J connectivity index is 2.04. The molecule has 1 aromatic carbocycles. The number of benzene rings is 1. The minimum Gasteiger partial charge on any atom is -0.493 e. The van der Waals surface area contributed by atoms with Crippen molar-refractivity contribution in [2.45, 2.75) is 45.6 Å². The average Bonchev–Trinajstić information content (AvgIpc) is 2.93. The van der Waals surface area contributed by atoms with Gasteiger partial charge in [-0.15, -0.1) is 0 Å². The normalized spacial score (nSPS) is 14.8. The second-order valence-electron chi connectivity index (χ2n) is 5.58. The van der Waals surface area contributed by atoms with E-state index >= 15 is 0 Å². The third-order valence-electron chi connectivity index (χ3n) is 3.64. The van der Waals surface area contributed by atoms with Gasteiger partial charge in [0.2, 0.25) is 0 Å². The van der Waals surface area contributed by atoms with Gasteiger partial charge in [0.05, 0.1) is 13.2 Å². The lowest BCUT2D eigenvalue weighted by atomic mass is 10.0. The maximum atomic E-state index is 5.83. The van der Waals surface area contributed by atoms with Crippen LogP contribution in [0.5, 0.6) is 5.75 Å². The number of nitrogens with one attached hydrogen (secondary N) is 1. The van der Waals surface area contributed by atoms with Crippen molar-refractivity contribution < 1.29 is 9.47 Å². The molecule has 1 aliphatic heterocycles. The standard InChI is InChI=1S/C17H26BrNO2/c1-3-6-19-16(12-20-7-4-2)11-14-10-15(18)9-13-5-8-21-17(13)14/h9-10,16,19H,3-8,11-12H2,1-2H3. The van der Waals surface area contributed by atoms with Crippen LogP contribution in [0.2, 0.25) is 0 Å². The van der Waals surface area contributed by atoms with E-state index in [0.29, 0.717) is 6.04 Å². The van der Waals surface area contributed by atoms with Crippen LogP contribution >= 0.6 is 15.9 Å². The lowest BCUT2D eigenvalue weighted by Gasteiger charge is -2.20. The highest BCUT2D eigenvalue weighted by atomic mass is 79.9. The minimum absolute atomic E-state index is 0.346. The number of hydrogen-bond donors (Lipinski definition) is 1. The molecule has 1 aromatic rings. The van der Waals surface area contributed by atoms with Gasteiger partial charge in [-0.2, -0.15) is 0 Å². The smallest absolute Gasteiger partial charge is 0.125 e. The van der Waals surface area contributed by atoms with Gasteiger partial charge in [0.1, 0.15) is 5.75 Å². The molecule has 0 aliphatic carbocycles. The van der Waals surface area contributed by atoms with E-state index in [1.165, 1.54) is 11.1 Å². The quantitative estimate of drug-likeness (QED) is 0.684. The highest BCUT2D eigenvalue weighted by Gasteiger charge is 2.20. The molecule has 118 valence electrons. The van der Waals surface area contributed by atoms with Crippen LogP contribution in [0, 0.1) is 0 Å². The molecule has 21 heavy (non-hydrogen) atoms. The predicted molar refractivity (Wildman–Crippen MR) is 90.2 cm³/mol. The molecule has 2 rings (SSSR count). The topological polar surface area (TPSA) is 30.5 Å². The fourth-order valence-electron chi connectivity index (χ4n) is 2.67. The second-order valence-corrected chi connectivity index (χ2v) is 6.50. The van der Waals surface area contributed by atoms with E-state index in [1.54, 1.807) is 0 Å². The van der Waals surface area contributed by atoms with Crippen molar-refractivity contribution in [3.63, 3.8) is 0 Å². The van der Waals surface area contributed by atoms with Crippen LogP contribution in [0.25, 0.3) is 0 Å². The van der Waals surface area contributed by atoms with E-state index in [-0.39, 0.29) is 0 Å². The average molecular weight is 356 g/mol. The Hall–Kier alpha value is -0.580.